The fourth-order valence-electron chi connectivity index (χ4n) is 4.14. The number of carbonyl (C=O) groups excluding carboxylic acids is 2. The van der Waals surface area contributed by atoms with Crippen molar-refractivity contribution >= 4 is 12.1 Å². The Bertz CT molecular complexity index is 785. The minimum absolute atomic E-state index is 0.143. The van der Waals surface area contributed by atoms with Gasteiger partial charge in [0.1, 0.15) is 11.6 Å². The van der Waals surface area contributed by atoms with Crippen molar-refractivity contribution in [3.8, 4) is 0 Å². The molecule has 0 aromatic carbocycles. The third kappa shape index (κ3) is 4.36. The maximum atomic E-state index is 12.2. The average molecular weight is 422 g/mol. The number of piperazine rings is 1. The van der Waals surface area contributed by atoms with Gasteiger partial charge in [0.05, 0.1) is 6.04 Å². The van der Waals surface area contributed by atoms with Crippen LogP contribution in [-0.4, -0.2) is 98.2 Å². The fraction of sp³-hybridized carbons (Fsp3) is 0.789. The number of hydrogen-bond acceptors (Lipinski definition) is 8. The summed E-state index contributed by atoms with van der Waals surface area (Å²) in [4.78, 5) is 29.9. The molecular formula is C19H30N6O5. The Labute approximate surface area is 175 Å². The first-order valence-corrected chi connectivity index (χ1v) is 10.5. The lowest BCUT2D eigenvalue weighted by molar-refractivity contribution is -0.0584. The van der Waals surface area contributed by atoms with Gasteiger partial charge in [-0.25, -0.2) is 14.7 Å². The van der Waals surface area contributed by atoms with Crippen LogP contribution in [0.5, 0.6) is 0 Å². The Morgan fingerprint density at radius 3 is 2.63 bits per heavy atom. The molecule has 11 heteroatoms. The van der Waals surface area contributed by atoms with Crippen molar-refractivity contribution in [2.24, 2.45) is 0 Å². The van der Waals surface area contributed by atoms with E-state index in [1.54, 1.807) is 9.80 Å². The SMILES string of the molecule is CC(C)(C)OC(=O)N1CCN(CCc2nnc(C3CCC4CN3C(=O)N4O)o2)CC1. The molecule has 3 saturated heterocycles. The number of piperidine rings is 1. The molecule has 2 bridgehead atoms. The highest BCUT2D eigenvalue weighted by Gasteiger charge is 2.46. The van der Waals surface area contributed by atoms with E-state index in [4.69, 9.17) is 9.15 Å². The van der Waals surface area contributed by atoms with Gasteiger partial charge in [-0.3, -0.25) is 10.1 Å². The van der Waals surface area contributed by atoms with Crippen LogP contribution < -0.4 is 0 Å². The Kier molecular flexibility index (Phi) is 5.58. The average Bonchev–Trinajstić information content (AvgIpc) is 3.26. The van der Waals surface area contributed by atoms with E-state index in [9.17, 15) is 14.8 Å². The number of hydroxylamine groups is 2. The van der Waals surface area contributed by atoms with Crippen LogP contribution in [0.25, 0.3) is 0 Å². The number of carbonyl (C=O) groups is 2. The second kappa shape index (κ2) is 8.03. The highest BCUT2D eigenvalue weighted by Crippen LogP contribution is 2.36. The normalized spacial score (nSPS) is 25.2. The predicted molar refractivity (Wildman–Crippen MR) is 104 cm³/mol. The maximum Gasteiger partial charge on any atom is 0.410 e. The lowest BCUT2D eigenvalue weighted by Gasteiger charge is -2.35. The summed E-state index contributed by atoms with van der Waals surface area (Å²) in [5.74, 6) is 0.969. The number of urea groups is 1. The van der Waals surface area contributed by atoms with Gasteiger partial charge < -0.3 is 19.0 Å². The van der Waals surface area contributed by atoms with Gasteiger partial charge in [0.2, 0.25) is 11.8 Å². The van der Waals surface area contributed by atoms with Gasteiger partial charge in [-0.1, -0.05) is 0 Å². The van der Waals surface area contributed by atoms with Crippen LogP contribution in [0.3, 0.4) is 0 Å². The molecule has 11 nitrogen and oxygen atoms in total. The van der Waals surface area contributed by atoms with Gasteiger partial charge in [0.25, 0.3) is 0 Å². The molecule has 3 amide bonds. The van der Waals surface area contributed by atoms with Crippen LogP contribution in [0.2, 0.25) is 0 Å². The summed E-state index contributed by atoms with van der Waals surface area (Å²) in [6.45, 7) is 9.62. The number of amides is 3. The van der Waals surface area contributed by atoms with Crippen molar-refractivity contribution in [3.05, 3.63) is 11.8 Å². The fourth-order valence-corrected chi connectivity index (χ4v) is 4.14. The van der Waals surface area contributed by atoms with E-state index in [1.165, 1.54) is 0 Å². The number of aromatic nitrogens is 2. The van der Waals surface area contributed by atoms with E-state index >= 15 is 0 Å². The Balaban J connectivity index is 1.25. The molecule has 0 saturated carbocycles. The van der Waals surface area contributed by atoms with Crippen molar-refractivity contribution in [3.63, 3.8) is 0 Å². The molecule has 166 valence electrons. The van der Waals surface area contributed by atoms with Gasteiger partial charge in [0, 0.05) is 45.7 Å². The van der Waals surface area contributed by atoms with Gasteiger partial charge in [-0.15, -0.1) is 10.2 Å². The second-order valence-corrected chi connectivity index (χ2v) is 9.12. The lowest BCUT2D eigenvalue weighted by atomic mass is 10.0. The molecule has 3 aliphatic heterocycles. The van der Waals surface area contributed by atoms with Crippen LogP contribution in [0.4, 0.5) is 9.59 Å². The first-order chi connectivity index (χ1) is 14.2. The van der Waals surface area contributed by atoms with Crippen molar-refractivity contribution < 1.29 is 24.0 Å². The van der Waals surface area contributed by atoms with Crippen LogP contribution in [0.1, 0.15) is 51.4 Å². The molecule has 1 aromatic heterocycles. The van der Waals surface area contributed by atoms with Crippen molar-refractivity contribution in [1.29, 1.82) is 0 Å². The predicted octanol–water partition coefficient (Wildman–Crippen LogP) is 1.50. The number of nitrogens with zero attached hydrogens (tertiary/aromatic N) is 6. The molecule has 2 atom stereocenters. The van der Waals surface area contributed by atoms with Gasteiger partial charge in [0.15, 0.2) is 0 Å². The summed E-state index contributed by atoms with van der Waals surface area (Å²) in [6.07, 6.45) is 1.75. The van der Waals surface area contributed by atoms with Crippen LogP contribution >= 0.6 is 0 Å². The van der Waals surface area contributed by atoms with E-state index in [0.29, 0.717) is 50.7 Å². The van der Waals surface area contributed by atoms with Crippen LogP contribution in [-0.2, 0) is 11.2 Å². The first kappa shape index (κ1) is 20.9. The van der Waals surface area contributed by atoms with Crippen molar-refractivity contribution in [2.75, 3.05) is 39.3 Å². The van der Waals surface area contributed by atoms with E-state index < -0.39 is 11.6 Å². The van der Waals surface area contributed by atoms with E-state index in [2.05, 4.69) is 15.1 Å². The molecule has 30 heavy (non-hydrogen) atoms. The second-order valence-electron chi connectivity index (χ2n) is 9.12. The molecule has 3 aliphatic rings. The van der Waals surface area contributed by atoms with Crippen molar-refractivity contribution in [2.45, 2.75) is 57.7 Å². The van der Waals surface area contributed by atoms with Gasteiger partial charge in [-0.2, -0.15) is 0 Å². The Morgan fingerprint density at radius 2 is 1.93 bits per heavy atom. The third-order valence-corrected chi connectivity index (χ3v) is 5.78. The molecule has 0 radical (unpaired) electrons. The molecule has 2 unspecified atom stereocenters. The van der Waals surface area contributed by atoms with E-state index in [-0.39, 0.29) is 18.2 Å². The smallest absolute Gasteiger partial charge is 0.410 e. The summed E-state index contributed by atoms with van der Waals surface area (Å²) in [5.41, 5.74) is -0.488. The summed E-state index contributed by atoms with van der Waals surface area (Å²) in [7, 11) is 0. The van der Waals surface area contributed by atoms with Crippen LogP contribution in [0.15, 0.2) is 4.42 Å². The Morgan fingerprint density at radius 1 is 1.20 bits per heavy atom. The number of ether oxygens (including phenoxy) is 1. The topological polar surface area (TPSA) is 115 Å². The zero-order valence-corrected chi connectivity index (χ0v) is 17.8. The molecule has 1 aromatic rings. The lowest BCUT2D eigenvalue weighted by Crippen LogP contribution is -2.50. The van der Waals surface area contributed by atoms with Crippen molar-refractivity contribution in [1.82, 2.24) is 30.0 Å². The minimum atomic E-state index is -0.488. The molecule has 3 fully saturated rings. The molecule has 4 rings (SSSR count). The largest absolute Gasteiger partial charge is 0.444 e. The van der Waals surface area contributed by atoms with Gasteiger partial charge in [-0.05, 0) is 33.6 Å². The van der Waals surface area contributed by atoms with E-state index in [0.717, 1.165) is 24.7 Å². The minimum Gasteiger partial charge on any atom is -0.444 e. The highest BCUT2D eigenvalue weighted by atomic mass is 16.6. The summed E-state index contributed by atoms with van der Waals surface area (Å²) in [6, 6.07) is -0.815. The van der Waals surface area contributed by atoms with E-state index in [1.807, 2.05) is 20.8 Å². The monoisotopic (exact) mass is 422 g/mol. The summed E-state index contributed by atoms with van der Waals surface area (Å²) < 4.78 is 11.3. The summed E-state index contributed by atoms with van der Waals surface area (Å²) >= 11 is 0. The number of fused-ring (bicyclic) bond motifs is 2. The number of hydrogen-bond donors (Lipinski definition) is 1. The highest BCUT2D eigenvalue weighted by molar-refractivity contribution is 5.76. The molecular weight excluding hydrogens is 392 g/mol. The van der Waals surface area contributed by atoms with Crippen LogP contribution in [0, 0.1) is 0 Å². The zero-order chi connectivity index (χ0) is 21.5. The Hall–Kier alpha value is -2.40. The van der Waals surface area contributed by atoms with Gasteiger partial charge >= 0.3 is 12.1 Å². The quantitative estimate of drug-likeness (QED) is 0.726. The number of rotatable bonds is 4. The molecule has 0 spiro atoms. The molecule has 0 aliphatic carbocycles. The maximum absolute atomic E-state index is 12.2. The standard InChI is InChI=1S/C19H30N6O5/c1-19(2,3)30-18(27)23-10-8-22(9-11-23)7-6-15-20-21-16(29-15)14-5-4-13-12-24(14)17(26)25(13)28/h13-14,28H,4-12H2,1-3H3. The first-order valence-electron chi connectivity index (χ1n) is 10.5. The third-order valence-electron chi connectivity index (χ3n) is 5.78. The summed E-state index contributed by atoms with van der Waals surface area (Å²) in [5, 5.41) is 18.9. The molecule has 1 N–H and O–H groups in total. The zero-order valence-electron chi connectivity index (χ0n) is 17.8. The molecule has 4 heterocycles.